The third-order valence-corrected chi connectivity index (χ3v) is 5.65. The molecular weight excluding hydrogens is 224 g/mol. The lowest BCUT2D eigenvalue weighted by Crippen LogP contribution is -2.60. The first kappa shape index (κ1) is 12.3. The lowest BCUT2D eigenvalue weighted by Gasteiger charge is -2.65. The van der Waals surface area contributed by atoms with E-state index in [-0.39, 0.29) is 11.6 Å². The SMILES string of the molecule is C=CC(=O)OC12CC3CC(C)(CC(CC)(C3)C1)C2. The van der Waals surface area contributed by atoms with Gasteiger partial charge in [-0.25, -0.2) is 4.79 Å². The van der Waals surface area contributed by atoms with Crippen LogP contribution < -0.4 is 0 Å². The summed E-state index contributed by atoms with van der Waals surface area (Å²) < 4.78 is 5.83. The summed E-state index contributed by atoms with van der Waals surface area (Å²) >= 11 is 0. The van der Waals surface area contributed by atoms with Crippen LogP contribution in [0.1, 0.15) is 58.8 Å². The molecule has 100 valence electrons. The summed E-state index contributed by atoms with van der Waals surface area (Å²) in [6.45, 7) is 8.25. The van der Waals surface area contributed by atoms with Gasteiger partial charge in [0.25, 0.3) is 0 Å². The minimum atomic E-state index is -0.230. The van der Waals surface area contributed by atoms with Crippen molar-refractivity contribution >= 4 is 5.97 Å². The minimum Gasteiger partial charge on any atom is -0.456 e. The molecule has 4 saturated carbocycles. The largest absolute Gasteiger partial charge is 0.456 e. The second kappa shape index (κ2) is 3.61. The monoisotopic (exact) mass is 248 g/mol. The van der Waals surface area contributed by atoms with Crippen LogP contribution in [0.2, 0.25) is 0 Å². The Kier molecular flexibility index (Phi) is 2.46. The van der Waals surface area contributed by atoms with Gasteiger partial charge in [-0.15, -0.1) is 0 Å². The maximum absolute atomic E-state index is 11.7. The number of rotatable bonds is 3. The lowest BCUT2D eigenvalue weighted by atomic mass is 9.42. The van der Waals surface area contributed by atoms with Crippen LogP contribution >= 0.6 is 0 Å². The van der Waals surface area contributed by atoms with Gasteiger partial charge in [0.05, 0.1) is 0 Å². The molecule has 4 aliphatic rings. The lowest BCUT2D eigenvalue weighted by molar-refractivity contribution is -0.216. The first-order valence-electron chi connectivity index (χ1n) is 7.28. The molecule has 4 rings (SSSR count). The Morgan fingerprint density at radius 2 is 2.11 bits per heavy atom. The molecule has 0 N–H and O–H groups in total. The third kappa shape index (κ3) is 1.72. The molecular formula is C16H24O2. The van der Waals surface area contributed by atoms with Crippen LogP contribution in [0.15, 0.2) is 12.7 Å². The van der Waals surface area contributed by atoms with E-state index < -0.39 is 0 Å². The number of ether oxygens (including phenoxy) is 1. The molecule has 0 saturated heterocycles. The average molecular weight is 248 g/mol. The Balaban J connectivity index is 1.93. The van der Waals surface area contributed by atoms with E-state index in [1.165, 1.54) is 31.8 Å². The number of hydrogen-bond donors (Lipinski definition) is 0. The van der Waals surface area contributed by atoms with Crippen LogP contribution in [0, 0.1) is 16.7 Å². The molecule has 4 unspecified atom stereocenters. The van der Waals surface area contributed by atoms with Crippen molar-refractivity contribution in [3.63, 3.8) is 0 Å². The average Bonchev–Trinajstić information content (AvgIpc) is 2.25. The molecule has 2 nitrogen and oxygen atoms in total. The predicted octanol–water partition coefficient (Wildman–Crippen LogP) is 3.85. The zero-order chi connectivity index (χ0) is 13.0. The van der Waals surface area contributed by atoms with Crippen LogP contribution in [-0.2, 0) is 9.53 Å². The van der Waals surface area contributed by atoms with Crippen LogP contribution in [0.5, 0.6) is 0 Å². The normalized spacial score (nSPS) is 49.1. The first-order valence-corrected chi connectivity index (χ1v) is 7.28. The molecule has 4 fully saturated rings. The second-order valence-electron chi connectivity index (χ2n) is 7.48. The fraction of sp³-hybridized carbons (Fsp3) is 0.812. The van der Waals surface area contributed by atoms with Gasteiger partial charge < -0.3 is 4.74 Å². The van der Waals surface area contributed by atoms with Gasteiger partial charge in [-0.05, 0) is 55.3 Å². The molecule has 0 spiro atoms. The van der Waals surface area contributed by atoms with E-state index in [4.69, 9.17) is 4.74 Å². The summed E-state index contributed by atoms with van der Waals surface area (Å²) in [4.78, 5) is 11.7. The molecule has 4 aliphatic carbocycles. The van der Waals surface area contributed by atoms with Crippen molar-refractivity contribution in [2.24, 2.45) is 16.7 Å². The molecule has 2 heteroatoms. The second-order valence-corrected chi connectivity index (χ2v) is 7.48. The van der Waals surface area contributed by atoms with E-state index in [2.05, 4.69) is 20.4 Å². The van der Waals surface area contributed by atoms with E-state index in [9.17, 15) is 4.79 Å². The van der Waals surface area contributed by atoms with Crippen LogP contribution in [0.4, 0.5) is 0 Å². The highest BCUT2D eigenvalue weighted by atomic mass is 16.6. The minimum absolute atomic E-state index is 0.171. The zero-order valence-corrected chi connectivity index (χ0v) is 11.6. The number of carbonyl (C=O) groups excluding carboxylic acids is 1. The van der Waals surface area contributed by atoms with Crippen molar-refractivity contribution in [3.05, 3.63) is 12.7 Å². The van der Waals surface area contributed by atoms with Crippen molar-refractivity contribution in [2.45, 2.75) is 64.4 Å². The van der Waals surface area contributed by atoms with Crippen molar-refractivity contribution in [1.82, 2.24) is 0 Å². The highest BCUT2D eigenvalue weighted by Gasteiger charge is 2.62. The van der Waals surface area contributed by atoms with Crippen molar-refractivity contribution < 1.29 is 9.53 Å². The maximum Gasteiger partial charge on any atom is 0.330 e. The molecule has 0 aromatic carbocycles. The van der Waals surface area contributed by atoms with E-state index in [0.717, 1.165) is 25.2 Å². The Bertz CT molecular complexity index is 402. The van der Waals surface area contributed by atoms with Crippen LogP contribution in [0.25, 0.3) is 0 Å². The van der Waals surface area contributed by atoms with Gasteiger partial charge in [-0.2, -0.15) is 0 Å². The number of carbonyl (C=O) groups is 1. The van der Waals surface area contributed by atoms with E-state index in [1.54, 1.807) is 0 Å². The van der Waals surface area contributed by atoms with Gasteiger partial charge in [-0.1, -0.05) is 26.8 Å². The van der Waals surface area contributed by atoms with Gasteiger partial charge in [0.2, 0.25) is 0 Å². The Morgan fingerprint density at radius 3 is 2.72 bits per heavy atom. The van der Waals surface area contributed by atoms with Gasteiger partial charge in [-0.3, -0.25) is 0 Å². The van der Waals surface area contributed by atoms with Crippen molar-refractivity contribution in [3.8, 4) is 0 Å². The van der Waals surface area contributed by atoms with E-state index in [1.807, 2.05) is 0 Å². The predicted molar refractivity (Wildman–Crippen MR) is 71.0 cm³/mol. The maximum atomic E-state index is 11.7. The molecule has 4 bridgehead atoms. The highest BCUT2D eigenvalue weighted by Crippen LogP contribution is 2.68. The summed E-state index contributed by atoms with van der Waals surface area (Å²) in [6.07, 6.45) is 9.81. The third-order valence-electron chi connectivity index (χ3n) is 5.65. The van der Waals surface area contributed by atoms with Crippen molar-refractivity contribution in [2.75, 3.05) is 0 Å². The quantitative estimate of drug-likeness (QED) is 0.560. The zero-order valence-electron chi connectivity index (χ0n) is 11.6. The fourth-order valence-electron chi connectivity index (χ4n) is 5.80. The molecule has 0 aromatic heterocycles. The summed E-state index contributed by atoms with van der Waals surface area (Å²) in [6, 6.07) is 0. The topological polar surface area (TPSA) is 26.3 Å². The van der Waals surface area contributed by atoms with E-state index >= 15 is 0 Å². The summed E-state index contributed by atoms with van der Waals surface area (Å²) in [7, 11) is 0. The fourth-order valence-corrected chi connectivity index (χ4v) is 5.80. The molecule has 18 heavy (non-hydrogen) atoms. The van der Waals surface area contributed by atoms with Gasteiger partial charge in [0.15, 0.2) is 0 Å². The first-order chi connectivity index (χ1) is 8.42. The van der Waals surface area contributed by atoms with E-state index in [0.29, 0.717) is 10.8 Å². The summed E-state index contributed by atoms with van der Waals surface area (Å²) in [5.41, 5.74) is 0.669. The Hall–Kier alpha value is -0.790. The Morgan fingerprint density at radius 1 is 1.33 bits per heavy atom. The standard InChI is InChI=1S/C16H24O2/c1-4-13(17)18-16-8-12-6-14(3,10-16)9-15(5-2,7-12)11-16/h4,12H,1,5-11H2,2-3H3. The molecule has 0 aliphatic heterocycles. The van der Waals surface area contributed by atoms with Crippen LogP contribution in [-0.4, -0.2) is 11.6 Å². The summed E-state index contributed by atoms with van der Waals surface area (Å²) in [5.74, 6) is 0.538. The van der Waals surface area contributed by atoms with Gasteiger partial charge >= 0.3 is 5.97 Å². The smallest absolute Gasteiger partial charge is 0.330 e. The molecule has 0 heterocycles. The number of esters is 1. The molecule has 0 radical (unpaired) electrons. The van der Waals surface area contributed by atoms with Gasteiger partial charge in [0, 0.05) is 6.08 Å². The highest BCUT2D eigenvalue weighted by molar-refractivity contribution is 5.81. The number of hydrogen-bond acceptors (Lipinski definition) is 2. The molecule has 0 amide bonds. The van der Waals surface area contributed by atoms with Crippen LogP contribution in [0.3, 0.4) is 0 Å². The molecule has 4 atom stereocenters. The Labute approximate surface area is 110 Å². The van der Waals surface area contributed by atoms with Crippen molar-refractivity contribution in [1.29, 1.82) is 0 Å². The molecule has 0 aromatic rings. The van der Waals surface area contributed by atoms with Gasteiger partial charge in [0.1, 0.15) is 5.60 Å². The summed E-state index contributed by atoms with van der Waals surface area (Å²) in [5, 5.41) is 0.